The van der Waals surface area contributed by atoms with Crippen LogP contribution in [0.5, 0.6) is 0 Å². The Hall–Kier alpha value is -2.94. The largest absolute Gasteiger partial charge is 0.331 e. The molecule has 8 nitrogen and oxygen atoms in total. The molecule has 27 heavy (non-hydrogen) atoms. The van der Waals surface area contributed by atoms with Crippen molar-refractivity contribution in [1.82, 2.24) is 4.90 Å². The number of hydrogen-bond donors (Lipinski definition) is 2. The van der Waals surface area contributed by atoms with E-state index in [1.54, 1.807) is 41.4 Å². The van der Waals surface area contributed by atoms with Crippen LogP contribution in [0.2, 0.25) is 0 Å². The molecule has 0 saturated heterocycles. The van der Waals surface area contributed by atoms with E-state index in [9.17, 15) is 18.0 Å². The summed E-state index contributed by atoms with van der Waals surface area (Å²) < 4.78 is 27.3. The zero-order valence-corrected chi connectivity index (χ0v) is 15.2. The van der Waals surface area contributed by atoms with Gasteiger partial charge in [0.25, 0.3) is 15.9 Å². The SMILES string of the molecule is O=C(Nc1ccc(NC(=O)C2CC2)cc1)C1=CC=CN2CCS(=O)(=O)N=C12. The summed E-state index contributed by atoms with van der Waals surface area (Å²) in [6.45, 7) is 0.262. The average Bonchev–Trinajstić information content (AvgIpc) is 3.47. The van der Waals surface area contributed by atoms with Crippen LogP contribution in [-0.2, 0) is 19.6 Å². The molecule has 0 radical (unpaired) electrons. The Labute approximate surface area is 156 Å². The van der Waals surface area contributed by atoms with Gasteiger partial charge >= 0.3 is 0 Å². The lowest BCUT2D eigenvalue weighted by atomic mass is 10.1. The molecule has 1 aliphatic carbocycles. The fourth-order valence-electron chi connectivity index (χ4n) is 2.82. The first-order chi connectivity index (χ1) is 12.9. The number of hydrogen-bond acceptors (Lipinski definition) is 5. The third-order valence-corrected chi connectivity index (χ3v) is 5.61. The molecule has 0 bridgehead atoms. The van der Waals surface area contributed by atoms with Crippen LogP contribution in [-0.4, -0.2) is 43.3 Å². The highest BCUT2D eigenvalue weighted by Crippen LogP contribution is 2.30. The van der Waals surface area contributed by atoms with E-state index in [0.717, 1.165) is 12.8 Å². The molecule has 1 aromatic carbocycles. The Morgan fingerprint density at radius 3 is 2.41 bits per heavy atom. The summed E-state index contributed by atoms with van der Waals surface area (Å²) in [6, 6.07) is 6.77. The van der Waals surface area contributed by atoms with Crippen molar-refractivity contribution in [2.24, 2.45) is 10.3 Å². The van der Waals surface area contributed by atoms with Crippen LogP contribution in [0.15, 0.2) is 52.6 Å². The number of fused-ring (bicyclic) bond motifs is 1. The molecule has 9 heteroatoms. The third-order valence-electron chi connectivity index (χ3n) is 4.46. The van der Waals surface area contributed by atoms with Crippen LogP contribution in [0.1, 0.15) is 12.8 Å². The summed E-state index contributed by atoms with van der Waals surface area (Å²) >= 11 is 0. The monoisotopic (exact) mass is 386 g/mol. The molecular formula is C18H18N4O4S. The number of nitrogens with one attached hydrogen (secondary N) is 2. The first kappa shape index (κ1) is 17.5. The van der Waals surface area contributed by atoms with Gasteiger partial charge in [0.1, 0.15) is 0 Å². The highest BCUT2D eigenvalue weighted by molar-refractivity contribution is 7.90. The molecule has 4 rings (SSSR count). The van der Waals surface area contributed by atoms with E-state index in [0.29, 0.717) is 11.4 Å². The quantitative estimate of drug-likeness (QED) is 0.815. The second kappa shape index (κ2) is 6.66. The van der Waals surface area contributed by atoms with Gasteiger partial charge in [-0.3, -0.25) is 9.59 Å². The average molecular weight is 386 g/mol. The fraction of sp³-hybridized carbons (Fsp3) is 0.278. The number of nitrogens with zero attached hydrogens (tertiary/aromatic N) is 2. The van der Waals surface area contributed by atoms with E-state index in [2.05, 4.69) is 15.0 Å². The standard InChI is InChI=1S/C18H18N4O4S/c23-17(12-3-4-12)19-13-5-7-14(8-6-13)20-18(24)15-2-1-9-22-10-11-27(25,26)21-16(15)22/h1-2,5-9,12H,3-4,10-11H2,(H,19,23)(H,20,24). The van der Waals surface area contributed by atoms with Crippen molar-refractivity contribution in [3.05, 3.63) is 48.2 Å². The maximum absolute atomic E-state index is 12.6. The molecule has 140 valence electrons. The minimum atomic E-state index is -3.56. The number of carbonyl (C=O) groups excluding carboxylic acids is 2. The number of amidine groups is 1. The molecule has 0 spiro atoms. The van der Waals surface area contributed by atoms with Crippen molar-refractivity contribution in [2.45, 2.75) is 12.8 Å². The van der Waals surface area contributed by atoms with Gasteiger partial charge < -0.3 is 15.5 Å². The molecule has 2 amide bonds. The first-order valence-electron chi connectivity index (χ1n) is 8.62. The zero-order chi connectivity index (χ0) is 19.0. The number of anilines is 2. The smallest absolute Gasteiger partial charge is 0.259 e. The zero-order valence-electron chi connectivity index (χ0n) is 14.4. The molecule has 0 atom stereocenters. The summed E-state index contributed by atoms with van der Waals surface area (Å²) in [4.78, 5) is 26.0. The van der Waals surface area contributed by atoms with E-state index in [1.807, 2.05) is 0 Å². The normalized spacial score (nSPS) is 20.2. The molecule has 0 unspecified atom stereocenters. The number of carbonyl (C=O) groups is 2. The maximum Gasteiger partial charge on any atom is 0.259 e. The van der Waals surface area contributed by atoms with E-state index in [4.69, 9.17) is 0 Å². The van der Waals surface area contributed by atoms with Crippen LogP contribution >= 0.6 is 0 Å². The first-order valence-corrected chi connectivity index (χ1v) is 10.2. The molecule has 2 aliphatic heterocycles. The van der Waals surface area contributed by atoms with E-state index < -0.39 is 15.9 Å². The van der Waals surface area contributed by atoms with Crippen molar-refractivity contribution >= 4 is 39.0 Å². The van der Waals surface area contributed by atoms with Crippen LogP contribution in [0.25, 0.3) is 0 Å². The molecule has 1 aromatic rings. The van der Waals surface area contributed by atoms with E-state index in [1.165, 1.54) is 6.08 Å². The molecule has 3 aliphatic rings. The van der Waals surface area contributed by atoms with E-state index in [-0.39, 0.29) is 35.5 Å². The Kier molecular flexibility index (Phi) is 4.31. The minimum absolute atomic E-state index is 0.0162. The van der Waals surface area contributed by atoms with Crippen LogP contribution in [0, 0.1) is 5.92 Å². The Balaban J connectivity index is 1.47. The van der Waals surface area contributed by atoms with Gasteiger partial charge in [0, 0.05) is 30.0 Å². The van der Waals surface area contributed by atoms with Crippen LogP contribution in [0.3, 0.4) is 0 Å². The minimum Gasteiger partial charge on any atom is -0.331 e. The number of benzene rings is 1. The topological polar surface area (TPSA) is 108 Å². The highest BCUT2D eigenvalue weighted by atomic mass is 32.2. The van der Waals surface area contributed by atoms with Crippen molar-refractivity contribution < 1.29 is 18.0 Å². The summed E-state index contributed by atoms with van der Waals surface area (Å²) in [5.41, 5.74) is 1.39. The molecular weight excluding hydrogens is 368 g/mol. The number of amides is 2. The second-order valence-corrected chi connectivity index (χ2v) is 8.37. The Morgan fingerprint density at radius 2 is 1.74 bits per heavy atom. The molecule has 1 fully saturated rings. The maximum atomic E-state index is 12.6. The number of allylic oxidation sites excluding steroid dienone is 2. The van der Waals surface area contributed by atoms with Crippen LogP contribution < -0.4 is 10.6 Å². The van der Waals surface area contributed by atoms with Gasteiger partial charge in [-0.25, -0.2) is 8.42 Å². The fourth-order valence-corrected chi connectivity index (χ4v) is 3.80. The van der Waals surface area contributed by atoms with Gasteiger partial charge in [-0.15, -0.1) is 4.40 Å². The summed E-state index contributed by atoms with van der Waals surface area (Å²) in [5, 5.41) is 5.56. The summed E-state index contributed by atoms with van der Waals surface area (Å²) in [6.07, 6.45) is 6.78. The molecule has 0 aromatic heterocycles. The van der Waals surface area contributed by atoms with Gasteiger partial charge in [-0.05, 0) is 49.3 Å². The number of sulfonamides is 1. The van der Waals surface area contributed by atoms with Crippen molar-refractivity contribution in [2.75, 3.05) is 22.9 Å². The third kappa shape index (κ3) is 3.92. The predicted octanol–water partition coefficient (Wildman–Crippen LogP) is 1.47. The summed E-state index contributed by atoms with van der Waals surface area (Å²) in [5.74, 6) is -0.262. The second-order valence-electron chi connectivity index (χ2n) is 6.61. The Morgan fingerprint density at radius 1 is 1.07 bits per heavy atom. The summed E-state index contributed by atoms with van der Waals surface area (Å²) in [7, 11) is -3.56. The van der Waals surface area contributed by atoms with Gasteiger partial charge in [0.2, 0.25) is 5.91 Å². The van der Waals surface area contributed by atoms with Gasteiger partial charge in [0.05, 0.1) is 11.3 Å². The van der Waals surface area contributed by atoms with Crippen molar-refractivity contribution in [3.63, 3.8) is 0 Å². The van der Waals surface area contributed by atoms with Gasteiger partial charge in [-0.2, -0.15) is 0 Å². The van der Waals surface area contributed by atoms with Crippen molar-refractivity contribution in [3.8, 4) is 0 Å². The lowest BCUT2D eigenvalue weighted by molar-refractivity contribution is -0.117. The molecule has 2 N–H and O–H groups in total. The highest BCUT2D eigenvalue weighted by Gasteiger charge is 2.30. The number of rotatable bonds is 4. The van der Waals surface area contributed by atoms with Gasteiger partial charge in [0.15, 0.2) is 5.84 Å². The van der Waals surface area contributed by atoms with Gasteiger partial charge in [-0.1, -0.05) is 0 Å². The Bertz CT molecular complexity index is 989. The predicted molar refractivity (Wildman–Crippen MR) is 102 cm³/mol. The lowest BCUT2D eigenvalue weighted by Crippen LogP contribution is -2.40. The van der Waals surface area contributed by atoms with E-state index >= 15 is 0 Å². The van der Waals surface area contributed by atoms with Crippen LogP contribution in [0.4, 0.5) is 11.4 Å². The molecule has 2 heterocycles. The molecule has 1 saturated carbocycles. The van der Waals surface area contributed by atoms with Crippen molar-refractivity contribution in [1.29, 1.82) is 0 Å². The lowest BCUT2D eigenvalue weighted by Gasteiger charge is -2.28.